The summed E-state index contributed by atoms with van der Waals surface area (Å²) in [6.07, 6.45) is 1.87. The molecule has 0 aromatic rings. The van der Waals surface area contributed by atoms with E-state index in [4.69, 9.17) is 5.11 Å². The lowest BCUT2D eigenvalue weighted by Gasteiger charge is -2.50. The van der Waals surface area contributed by atoms with Gasteiger partial charge in [-0.2, -0.15) is 0 Å². The van der Waals surface area contributed by atoms with Crippen LogP contribution in [-0.2, 0) is 0 Å². The molecule has 2 N–H and O–H groups in total. The Bertz CT molecular complexity index is 149. The molecule has 0 aromatic carbocycles. The van der Waals surface area contributed by atoms with E-state index in [1.807, 2.05) is 0 Å². The second-order valence-electron chi connectivity index (χ2n) is 4.21. The number of likely N-dealkylation sites (tertiary alicyclic amines) is 1. The maximum absolute atomic E-state index is 9.22. The highest BCUT2D eigenvalue weighted by molar-refractivity contribution is 4.93. The summed E-state index contributed by atoms with van der Waals surface area (Å²) in [4.78, 5) is 2.22. The highest BCUT2D eigenvalue weighted by Gasteiger charge is 2.39. The summed E-state index contributed by atoms with van der Waals surface area (Å²) in [5.41, 5.74) is 0.495. The maximum atomic E-state index is 9.22. The molecule has 78 valence electrons. The lowest BCUT2D eigenvalue weighted by Crippen LogP contribution is -2.57. The Hall–Kier alpha value is -0.120. The Balaban J connectivity index is 2.24. The summed E-state index contributed by atoms with van der Waals surface area (Å²) < 4.78 is 0. The van der Waals surface area contributed by atoms with Gasteiger partial charge < -0.3 is 10.2 Å². The maximum Gasteiger partial charge on any atom is 0.0897 e. The van der Waals surface area contributed by atoms with Crippen LogP contribution in [0.4, 0.5) is 0 Å². The fourth-order valence-electron chi connectivity index (χ4n) is 2.08. The van der Waals surface area contributed by atoms with Crippen LogP contribution < -0.4 is 0 Å². The van der Waals surface area contributed by atoms with E-state index in [-0.39, 0.29) is 6.61 Å². The number of hydrogen-bond acceptors (Lipinski definition) is 3. The smallest absolute Gasteiger partial charge is 0.0897 e. The largest absolute Gasteiger partial charge is 0.394 e. The molecule has 1 aliphatic heterocycles. The van der Waals surface area contributed by atoms with Gasteiger partial charge >= 0.3 is 0 Å². The lowest BCUT2D eigenvalue weighted by molar-refractivity contribution is -0.0421. The first-order valence-corrected chi connectivity index (χ1v) is 5.17. The Kier molecular flexibility index (Phi) is 3.71. The molecule has 3 heteroatoms. The average Bonchev–Trinajstić information content (AvgIpc) is 2.10. The Morgan fingerprint density at radius 3 is 2.23 bits per heavy atom. The normalized spacial score (nSPS) is 24.0. The van der Waals surface area contributed by atoms with Gasteiger partial charge in [-0.25, -0.2) is 0 Å². The fourth-order valence-corrected chi connectivity index (χ4v) is 2.08. The SMILES string of the molecule is CCC1(CC)CN(CC(O)CO)C1. The van der Waals surface area contributed by atoms with Crippen molar-refractivity contribution in [2.24, 2.45) is 5.41 Å². The molecule has 1 unspecified atom stereocenters. The summed E-state index contributed by atoms with van der Waals surface area (Å²) in [5, 5.41) is 17.9. The van der Waals surface area contributed by atoms with Gasteiger partial charge in [0, 0.05) is 19.6 Å². The molecule has 1 aliphatic rings. The molecule has 0 aliphatic carbocycles. The highest BCUT2D eigenvalue weighted by atomic mass is 16.3. The molecular formula is C10H21NO2. The molecule has 1 atom stereocenters. The van der Waals surface area contributed by atoms with E-state index in [0.29, 0.717) is 12.0 Å². The number of aliphatic hydroxyl groups excluding tert-OH is 2. The van der Waals surface area contributed by atoms with E-state index in [1.165, 1.54) is 12.8 Å². The molecule has 0 spiro atoms. The van der Waals surface area contributed by atoms with Crippen LogP contribution in [0.5, 0.6) is 0 Å². The molecule has 0 amide bonds. The van der Waals surface area contributed by atoms with Crippen molar-refractivity contribution < 1.29 is 10.2 Å². The van der Waals surface area contributed by atoms with E-state index in [0.717, 1.165) is 13.1 Å². The zero-order valence-electron chi connectivity index (χ0n) is 8.66. The van der Waals surface area contributed by atoms with Gasteiger partial charge in [0.2, 0.25) is 0 Å². The molecule has 1 saturated heterocycles. The molecule has 0 saturated carbocycles. The van der Waals surface area contributed by atoms with E-state index >= 15 is 0 Å². The molecular weight excluding hydrogens is 166 g/mol. The van der Waals surface area contributed by atoms with Crippen LogP contribution in [0, 0.1) is 5.41 Å². The Morgan fingerprint density at radius 2 is 1.85 bits per heavy atom. The number of hydrogen-bond donors (Lipinski definition) is 2. The first-order valence-electron chi connectivity index (χ1n) is 5.17. The second kappa shape index (κ2) is 4.40. The van der Waals surface area contributed by atoms with Gasteiger partial charge in [0.15, 0.2) is 0 Å². The van der Waals surface area contributed by atoms with Gasteiger partial charge in [-0.3, -0.25) is 4.90 Å². The van der Waals surface area contributed by atoms with Crippen molar-refractivity contribution in [2.75, 3.05) is 26.2 Å². The molecule has 13 heavy (non-hydrogen) atoms. The van der Waals surface area contributed by atoms with Gasteiger partial charge in [-0.05, 0) is 18.3 Å². The Labute approximate surface area is 80.4 Å². The van der Waals surface area contributed by atoms with Crippen molar-refractivity contribution in [3.8, 4) is 0 Å². The van der Waals surface area contributed by atoms with Crippen LogP contribution in [0.25, 0.3) is 0 Å². The van der Waals surface area contributed by atoms with E-state index in [1.54, 1.807) is 0 Å². The van der Waals surface area contributed by atoms with Gasteiger partial charge in [0.25, 0.3) is 0 Å². The molecule has 1 fully saturated rings. The summed E-state index contributed by atoms with van der Waals surface area (Å²) in [6, 6.07) is 0. The van der Waals surface area contributed by atoms with Crippen molar-refractivity contribution in [1.29, 1.82) is 0 Å². The van der Waals surface area contributed by atoms with E-state index in [2.05, 4.69) is 18.7 Å². The number of nitrogens with zero attached hydrogens (tertiary/aromatic N) is 1. The minimum absolute atomic E-state index is 0.123. The van der Waals surface area contributed by atoms with Crippen LogP contribution in [-0.4, -0.2) is 47.5 Å². The van der Waals surface area contributed by atoms with Crippen molar-refractivity contribution in [1.82, 2.24) is 4.90 Å². The quantitative estimate of drug-likeness (QED) is 0.657. The third-order valence-corrected chi connectivity index (χ3v) is 3.30. The van der Waals surface area contributed by atoms with Crippen molar-refractivity contribution in [2.45, 2.75) is 32.8 Å². The van der Waals surface area contributed by atoms with Gasteiger partial charge in [-0.15, -0.1) is 0 Å². The van der Waals surface area contributed by atoms with Crippen LogP contribution in [0.1, 0.15) is 26.7 Å². The van der Waals surface area contributed by atoms with Gasteiger partial charge in [0.05, 0.1) is 12.7 Å². The van der Waals surface area contributed by atoms with Crippen molar-refractivity contribution in [3.63, 3.8) is 0 Å². The molecule has 3 nitrogen and oxygen atoms in total. The number of rotatable bonds is 5. The third kappa shape index (κ3) is 2.42. The summed E-state index contributed by atoms with van der Waals surface area (Å²) in [5.74, 6) is 0. The topological polar surface area (TPSA) is 43.7 Å². The zero-order valence-corrected chi connectivity index (χ0v) is 8.66. The van der Waals surface area contributed by atoms with E-state index in [9.17, 15) is 5.11 Å². The van der Waals surface area contributed by atoms with Crippen molar-refractivity contribution in [3.05, 3.63) is 0 Å². The first kappa shape index (κ1) is 11.0. The first-order chi connectivity index (χ1) is 6.15. The predicted molar refractivity (Wildman–Crippen MR) is 52.5 cm³/mol. The fraction of sp³-hybridized carbons (Fsp3) is 1.00. The van der Waals surface area contributed by atoms with Gasteiger partial charge in [0.1, 0.15) is 0 Å². The molecule has 0 aromatic heterocycles. The number of aliphatic hydroxyl groups is 2. The van der Waals surface area contributed by atoms with Crippen LogP contribution in [0.2, 0.25) is 0 Å². The zero-order chi connectivity index (χ0) is 9.90. The summed E-state index contributed by atoms with van der Waals surface area (Å²) in [7, 11) is 0. The standard InChI is InChI=1S/C10H21NO2/c1-3-10(4-2)7-11(8-10)5-9(13)6-12/h9,12-13H,3-8H2,1-2H3. The Morgan fingerprint density at radius 1 is 1.31 bits per heavy atom. The third-order valence-electron chi connectivity index (χ3n) is 3.30. The summed E-state index contributed by atoms with van der Waals surface area (Å²) >= 11 is 0. The predicted octanol–water partition coefficient (Wildman–Crippen LogP) is 0.462. The number of β-amino-alcohol motifs (C(OH)–C–C–N with tert-alkyl or cyclic N) is 1. The van der Waals surface area contributed by atoms with Crippen molar-refractivity contribution >= 4 is 0 Å². The summed E-state index contributed by atoms with van der Waals surface area (Å²) in [6.45, 7) is 7.11. The molecule has 0 bridgehead atoms. The van der Waals surface area contributed by atoms with Gasteiger partial charge in [-0.1, -0.05) is 13.8 Å². The molecule has 1 heterocycles. The molecule has 1 rings (SSSR count). The van der Waals surface area contributed by atoms with E-state index < -0.39 is 6.10 Å². The minimum Gasteiger partial charge on any atom is -0.394 e. The monoisotopic (exact) mass is 187 g/mol. The second-order valence-corrected chi connectivity index (χ2v) is 4.21. The van der Waals surface area contributed by atoms with Crippen LogP contribution >= 0.6 is 0 Å². The lowest BCUT2D eigenvalue weighted by atomic mass is 9.75. The van der Waals surface area contributed by atoms with Crippen LogP contribution in [0.3, 0.4) is 0 Å². The van der Waals surface area contributed by atoms with Crippen LogP contribution in [0.15, 0.2) is 0 Å². The average molecular weight is 187 g/mol. The minimum atomic E-state index is -0.563. The highest BCUT2D eigenvalue weighted by Crippen LogP contribution is 2.36. The molecule has 0 radical (unpaired) electrons.